The average molecular weight is 304 g/mol. The van der Waals surface area contributed by atoms with Gasteiger partial charge in [-0.25, -0.2) is 4.98 Å². The Morgan fingerprint density at radius 2 is 2.14 bits per heavy atom. The maximum atomic E-state index is 12.1. The van der Waals surface area contributed by atoms with Crippen LogP contribution in [-0.2, 0) is 17.6 Å². The smallest absolute Gasteiger partial charge is 0.230 e. The number of hydrogen-bond acceptors (Lipinski definition) is 4. The first-order valence-corrected chi connectivity index (χ1v) is 7.73. The molecule has 0 bridgehead atoms. The van der Waals surface area contributed by atoms with Crippen LogP contribution < -0.4 is 10.1 Å². The lowest BCUT2D eigenvalue weighted by Gasteiger charge is -2.12. The van der Waals surface area contributed by atoms with Crippen molar-refractivity contribution in [3.05, 3.63) is 39.9 Å². The summed E-state index contributed by atoms with van der Waals surface area (Å²) in [6.45, 7) is 6.11. The van der Waals surface area contributed by atoms with Crippen LogP contribution in [0.15, 0.2) is 18.3 Å². The van der Waals surface area contributed by atoms with Gasteiger partial charge < -0.3 is 10.1 Å². The molecule has 0 unspecified atom stereocenters. The second-order valence-electron chi connectivity index (χ2n) is 4.95. The Morgan fingerprint density at radius 1 is 1.38 bits per heavy atom. The monoisotopic (exact) mass is 304 g/mol. The van der Waals surface area contributed by atoms with Crippen LogP contribution in [0.25, 0.3) is 0 Å². The van der Waals surface area contributed by atoms with E-state index in [1.165, 1.54) is 16.9 Å². The zero-order valence-corrected chi connectivity index (χ0v) is 13.6. The van der Waals surface area contributed by atoms with Crippen molar-refractivity contribution < 1.29 is 9.53 Å². The van der Waals surface area contributed by atoms with E-state index in [2.05, 4.69) is 17.2 Å². The maximum absolute atomic E-state index is 12.1. The average Bonchev–Trinajstić information content (AvgIpc) is 2.83. The second kappa shape index (κ2) is 6.72. The van der Waals surface area contributed by atoms with Crippen LogP contribution in [0, 0.1) is 13.8 Å². The highest BCUT2D eigenvalue weighted by Crippen LogP contribution is 2.25. The molecule has 2 rings (SSSR count). The first kappa shape index (κ1) is 15.5. The van der Waals surface area contributed by atoms with Crippen molar-refractivity contribution in [1.82, 2.24) is 4.98 Å². The number of thiazole rings is 1. The lowest BCUT2D eigenvalue weighted by Crippen LogP contribution is -2.14. The summed E-state index contributed by atoms with van der Waals surface area (Å²) >= 11 is 1.48. The van der Waals surface area contributed by atoms with E-state index in [1.54, 1.807) is 13.3 Å². The highest BCUT2D eigenvalue weighted by molar-refractivity contribution is 7.15. The minimum absolute atomic E-state index is 0.0601. The van der Waals surface area contributed by atoms with Crippen LogP contribution >= 0.6 is 11.3 Å². The number of aromatic nitrogens is 1. The molecule has 0 aliphatic heterocycles. The van der Waals surface area contributed by atoms with Gasteiger partial charge in [-0.3, -0.25) is 4.79 Å². The fourth-order valence-electron chi connectivity index (χ4n) is 2.36. The molecule has 0 saturated heterocycles. The molecule has 4 nitrogen and oxygen atoms in total. The summed E-state index contributed by atoms with van der Waals surface area (Å²) in [6.07, 6.45) is 2.99. The van der Waals surface area contributed by atoms with E-state index in [9.17, 15) is 4.79 Å². The van der Waals surface area contributed by atoms with Gasteiger partial charge >= 0.3 is 0 Å². The summed E-state index contributed by atoms with van der Waals surface area (Å²) < 4.78 is 5.42. The van der Waals surface area contributed by atoms with Crippen molar-refractivity contribution in [2.45, 2.75) is 33.6 Å². The molecule has 0 spiro atoms. The Morgan fingerprint density at radius 3 is 2.71 bits per heavy atom. The van der Waals surface area contributed by atoms with Gasteiger partial charge in [-0.1, -0.05) is 13.0 Å². The minimum Gasteiger partial charge on any atom is -0.496 e. The van der Waals surface area contributed by atoms with Crippen molar-refractivity contribution in [2.75, 3.05) is 12.4 Å². The van der Waals surface area contributed by atoms with Crippen molar-refractivity contribution in [3.8, 4) is 5.75 Å². The number of rotatable bonds is 5. The minimum atomic E-state index is -0.0601. The number of ether oxygens (including phenoxy) is 1. The van der Waals surface area contributed by atoms with Gasteiger partial charge in [0.25, 0.3) is 0 Å². The highest BCUT2D eigenvalue weighted by atomic mass is 32.1. The number of anilines is 1. The number of amides is 1. The fraction of sp³-hybridized carbons (Fsp3) is 0.375. The predicted molar refractivity (Wildman–Crippen MR) is 86.3 cm³/mol. The van der Waals surface area contributed by atoms with E-state index < -0.39 is 0 Å². The predicted octanol–water partition coefficient (Wildman–Crippen LogP) is 3.51. The Bertz CT molecular complexity index is 650. The molecule has 5 heteroatoms. The molecule has 0 aliphatic carbocycles. The molecular formula is C16H20N2O2S. The number of nitrogens with zero attached hydrogens (tertiary/aromatic N) is 1. The summed E-state index contributed by atoms with van der Waals surface area (Å²) in [5.41, 5.74) is 3.30. The van der Waals surface area contributed by atoms with Gasteiger partial charge in [0.15, 0.2) is 5.13 Å². The maximum Gasteiger partial charge on any atom is 0.230 e. The molecule has 1 aromatic heterocycles. The van der Waals surface area contributed by atoms with Gasteiger partial charge in [0.1, 0.15) is 5.75 Å². The van der Waals surface area contributed by atoms with Crippen LogP contribution in [0.4, 0.5) is 5.13 Å². The number of methoxy groups -OCH3 is 1. The number of carbonyl (C=O) groups is 1. The number of benzene rings is 1. The summed E-state index contributed by atoms with van der Waals surface area (Å²) in [5.74, 6) is 0.792. The Balaban J connectivity index is 2.12. The van der Waals surface area contributed by atoms with Gasteiger partial charge in [-0.2, -0.15) is 0 Å². The fourth-order valence-corrected chi connectivity index (χ4v) is 3.04. The van der Waals surface area contributed by atoms with Crippen LogP contribution in [0.5, 0.6) is 5.75 Å². The SMILES string of the molecule is CCc1c(C)cc(CC(=O)Nc2ncc(C)s2)cc1OC. The normalized spacial score (nSPS) is 10.5. The topological polar surface area (TPSA) is 51.2 Å². The van der Waals surface area contributed by atoms with Crippen molar-refractivity contribution in [1.29, 1.82) is 0 Å². The first-order chi connectivity index (χ1) is 10.0. The Kier molecular flexibility index (Phi) is 4.96. The van der Waals surface area contributed by atoms with Gasteiger partial charge in [-0.05, 0) is 43.0 Å². The van der Waals surface area contributed by atoms with E-state index in [0.29, 0.717) is 11.6 Å². The Labute approximate surface area is 129 Å². The van der Waals surface area contributed by atoms with Crippen LogP contribution in [0.1, 0.15) is 28.5 Å². The number of nitrogens with one attached hydrogen (secondary N) is 1. The quantitative estimate of drug-likeness (QED) is 0.919. The molecule has 0 atom stereocenters. The molecule has 112 valence electrons. The molecule has 2 aromatic rings. The molecule has 0 radical (unpaired) electrons. The first-order valence-electron chi connectivity index (χ1n) is 6.92. The van der Waals surface area contributed by atoms with Crippen LogP contribution in [0.3, 0.4) is 0 Å². The molecule has 1 heterocycles. The highest BCUT2D eigenvalue weighted by Gasteiger charge is 2.11. The van der Waals surface area contributed by atoms with E-state index in [1.807, 2.05) is 26.0 Å². The zero-order chi connectivity index (χ0) is 15.4. The van der Waals surface area contributed by atoms with Crippen molar-refractivity contribution >= 4 is 22.4 Å². The summed E-state index contributed by atoms with van der Waals surface area (Å²) in [6, 6.07) is 3.99. The Hall–Kier alpha value is -1.88. The molecule has 21 heavy (non-hydrogen) atoms. The molecular weight excluding hydrogens is 284 g/mol. The number of aryl methyl sites for hydroxylation is 2. The third-order valence-electron chi connectivity index (χ3n) is 3.30. The largest absolute Gasteiger partial charge is 0.496 e. The summed E-state index contributed by atoms with van der Waals surface area (Å²) in [4.78, 5) is 17.3. The van der Waals surface area contributed by atoms with E-state index >= 15 is 0 Å². The van der Waals surface area contributed by atoms with Crippen molar-refractivity contribution in [2.24, 2.45) is 0 Å². The van der Waals surface area contributed by atoms with Crippen molar-refractivity contribution in [3.63, 3.8) is 0 Å². The van der Waals surface area contributed by atoms with Crippen LogP contribution in [0.2, 0.25) is 0 Å². The van der Waals surface area contributed by atoms with Gasteiger partial charge in [0.05, 0.1) is 13.5 Å². The lowest BCUT2D eigenvalue weighted by molar-refractivity contribution is -0.115. The second-order valence-corrected chi connectivity index (χ2v) is 6.18. The number of hydrogen-bond donors (Lipinski definition) is 1. The summed E-state index contributed by atoms with van der Waals surface area (Å²) in [5, 5.41) is 3.47. The molecule has 1 N–H and O–H groups in total. The standard InChI is InChI=1S/C16H20N2O2S/c1-5-13-10(2)6-12(7-14(13)20-4)8-15(19)18-16-17-9-11(3)21-16/h6-7,9H,5,8H2,1-4H3,(H,17,18,19). The molecule has 0 aliphatic rings. The van der Waals surface area contributed by atoms with E-state index in [0.717, 1.165) is 28.2 Å². The van der Waals surface area contributed by atoms with Crippen LogP contribution in [-0.4, -0.2) is 18.0 Å². The van der Waals surface area contributed by atoms with Gasteiger partial charge in [0.2, 0.25) is 5.91 Å². The van der Waals surface area contributed by atoms with Gasteiger partial charge in [-0.15, -0.1) is 11.3 Å². The van der Waals surface area contributed by atoms with E-state index in [4.69, 9.17) is 4.74 Å². The molecule has 1 aromatic carbocycles. The van der Waals surface area contributed by atoms with Gasteiger partial charge in [0, 0.05) is 11.1 Å². The lowest BCUT2D eigenvalue weighted by atomic mass is 10.00. The third kappa shape index (κ3) is 3.82. The molecule has 0 saturated carbocycles. The third-order valence-corrected chi connectivity index (χ3v) is 4.13. The molecule has 1 amide bonds. The van der Waals surface area contributed by atoms with E-state index in [-0.39, 0.29) is 5.91 Å². The summed E-state index contributed by atoms with van der Waals surface area (Å²) in [7, 11) is 1.66. The molecule has 0 fully saturated rings. The number of carbonyl (C=O) groups excluding carboxylic acids is 1. The zero-order valence-electron chi connectivity index (χ0n) is 12.8.